The molecule has 6 heterocycles. The molecule has 0 unspecified atom stereocenters. The SMILES string of the molecule is Cl.Cn1c(=O)c2ccc(-c3cnc(C4(O)CN(C(=O)CO)C4)nc3)cc2n1Cc1ccccc1OC(F)F.Cn1c(=O)c2ccc(-c3cnc(C4(O)CNC4)nc3)cc2n1Cc1ccccc1OC(F)F. The predicted molar refractivity (Wildman–Crippen MR) is 252 cm³/mol. The maximum atomic E-state index is 12.9. The molecule has 8 aromatic rings. The third-order valence-electron chi connectivity index (χ3n) is 12.4. The molecule has 0 spiro atoms. The van der Waals surface area contributed by atoms with Crippen LogP contribution in [-0.2, 0) is 43.2 Å². The average molecular weight is 1000 g/mol. The Bertz CT molecular complexity index is 3360. The number of para-hydroxylation sites is 2. The van der Waals surface area contributed by atoms with E-state index in [0.29, 0.717) is 63.0 Å². The Kier molecular flexibility index (Phi) is 14.1. The zero-order valence-electron chi connectivity index (χ0n) is 37.8. The first-order valence-electron chi connectivity index (χ1n) is 21.7. The molecule has 1 amide bonds. The maximum Gasteiger partial charge on any atom is 0.387 e. The van der Waals surface area contributed by atoms with Crippen LogP contribution in [0.1, 0.15) is 22.8 Å². The minimum Gasteiger partial charge on any atom is -0.434 e. The lowest BCUT2D eigenvalue weighted by atomic mass is 9.93. The summed E-state index contributed by atoms with van der Waals surface area (Å²) in [7, 11) is 3.23. The summed E-state index contributed by atoms with van der Waals surface area (Å²) >= 11 is 0. The van der Waals surface area contributed by atoms with Crippen LogP contribution < -0.4 is 25.9 Å². The zero-order chi connectivity index (χ0) is 49.5. The van der Waals surface area contributed by atoms with Crippen LogP contribution in [0, 0.1) is 0 Å². The summed E-state index contributed by atoms with van der Waals surface area (Å²) in [4.78, 5) is 55.7. The molecule has 10 rings (SSSR count). The van der Waals surface area contributed by atoms with Crippen molar-refractivity contribution in [3.8, 4) is 33.8 Å². The lowest BCUT2D eigenvalue weighted by Crippen LogP contribution is -2.62. The molecule has 2 aliphatic heterocycles. The van der Waals surface area contributed by atoms with Crippen molar-refractivity contribution in [1.29, 1.82) is 0 Å². The summed E-state index contributed by atoms with van der Waals surface area (Å²) < 4.78 is 67.0. The average Bonchev–Trinajstić information content (AvgIpc) is 3.72. The van der Waals surface area contributed by atoms with Crippen LogP contribution in [0.15, 0.2) is 119 Å². The number of amides is 1. The van der Waals surface area contributed by atoms with Crippen LogP contribution in [0.4, 0.5) is 17.6 Å². The number of alkyl halides is 4. The first-order chi connectivity index (χ1) is 33.6. The van der Waals surface area contributed by atoms with E-state index < -0.39 is 36.9 Å². The number of carbonyl (C=O) groups excluding carboxylic acids is 1. The van der Waals surface area contributed by atoms with Gasteiger partial charge < -0.3 is 35.0 Å². The Morgan fingerprint density at radius 2 is 1.06 bits per heavy atom. The summed E-state index contributed by atoms with van der Waals surface area (Å²) in [6.07, 6.45) is 6.35. The predicted octanol–water partition coefficient (Wildman–Crippen LogP) is 4.13. The molecular weight excluding hydrogens is 956 g/mol. The van der Waals surface area contributed by atoms with Crippen molar-refractivity contribution in [1.82, 2.24) is 48.9 Å². The highest BCUT2D eigenvalue weighted by atomic mass is 35.5. The van der Waals surface area contributed by atoms with Crippen LogP contribution in [0.25, 0.3) is 44.1 Å². The zero-order valence-corrected chi connectivity index (χ0v) is 38.6. The number of benzene rings is 4. The van der Waals surface area contributed by atoms with E-state index in [2.05, 4.69) is 34.7 Å². The maximum absolute atomic E-state index is 12.9. The van der Waals surface area contributed by atoms with Crippen molar-refractivity contribution in [3.63, 3.8) is 0 Å². The van der Waals surface area contributed by atoms with E-state index in [1.54, 1.807) is 103 Å². The van der Waals surface area contributed by atoms with E-state index in [9.17, 15) is 42.2 Å². The Labute approximate surface area is 406 Å². The molecule has 2 saturated heterocycles. The Hall–Kier alpha value is -7.50. The molecule has 23 heteroatoms. The van der Waals surface area contributed by atoms with Crippen molar-refractivity contribution in [2.24, 2.45) is 14.1 Å². The van der Waals surface area contributed by atoms with Crippen molar-refractivity contribution >= 4 is 40.1 Å². The second kappa shape index (κ2) is 20.1. The van der Waals surface area contributed by atoms with Crippen LogP contribution >= 0.6 is 12.4 Å². The molecule has 18 nitrogen and oxygen atoms in total. The number of aromatic nitrogens is 8. The molecule has 0 saturated carbocycles. The monoisotopic (exact) mass is 1000 g/mol. The van der Waals surface area contributed by atoms with Gasteiger partial charge in [0, 0.05) is 74.2 Å². The molecule has 0 radical (unpaired) electrons. The molecule has 370 valence electrons. The summed E-state index contributed by atoms with van der Waals surface area (Å²) in [5.41, 5.74) is 2.18. The van der Waals surface area contributed by atoms with Gasteiger partial charge in [-0.3, -0.25) is 33.1 Å². The third-order valence-corrected chi connectivity index (χ3v) is 12.4. The van der Waals surface area contributed by atoms with E-state index >= 15 is 0 Å². The molecule has 4 N–H and O–H groups in total. The lowest BCUT2D eigenvalue weighted by Gasteiger charge is -2.44. The summed E-state index contributed by atoms with van der Waals surface area (Å²) in [5, 5.41) is 34.0. The number of ether oxygens (including phenoxy) is 2. The van der Waals surface area contributed by atoms with Gasteiger partial charge >= 0.3 is 13.2 Å². The van der Waals surface area contributed by atoms with Gasteiger partial charge in [0.05, 0.1) is 48.0 Å². The van der Waals surface area contributed by atoms with Gasteiger partial charge in [0.1, 0.15) is 23.7 Å². The number of β-amino-alcohol motifs (C(OH)–C–C–N with tert-alkyl or cyclic N) is 2. The summed E-state index contributed by atoms with van der Waals surface area (Å²) in [6, 6.07) is 23.5. The second-order valence-electron chi connectivity index (χ2n) is 16.9. The molecule has 4 aromatic carbocycles. The lowest BCUT2D eigenvalue weighted by molar-refractivity contribution is -0.161. The fourth-order valence-electron chi connectivity index (χ4n) is 8.46. The summed E-state index contributed by atoms with van der Waals surface area (Å²) in [5.74, 6) is 0.127. The fraction of sp³-hybridized carbons (Fsp3) is 0.271. The molecule has 2 fully saturated rings. The molecule has 0 aliphatic carbocycles. The normalized spacial score (nSPS) is 14.7. The smallest absolute Gasteiger partial charge is 0.387 e. The largest absolute Gasteiger partial charge is 0.434 e. The van der Waals surface area contributed by atoms with E-state index in [1.165, 1.54) is 38.8 Å². The first kappa shape index (κ1) is 49.9. The number of hydrogen-bond acceptors (Lipinski definition) is 13. The van der Waals surface area contributed by atoms with Crippen molar-refractivity contribution in [2.45, 2.75) is 37.5 Å². The topological polar surface area (TPSA) is 217 Å². The minimum absolute atomic E-state index is 0. The standard InChI is InChI=1S/C25H23F2N5O5.C23H21F2N5O3.ClH/c1-30-22(35)18-7-6-15(8-19(18)32(30)11-16-4-2-3-5-20(16)37-24(26)27)17-9-28-23(29-10-17)25(36)13-31(14-25)21(34)12-33;1-29-20(31)17-7-6-14(16-9-27-21(28-10-16)23(32)12-26-13-23)8-18(17)30(29)11-15-4-2-3-5-19(15)33-22(24)25;/h2-10,24,33,36H,11-14H2,1H3;2-10,22,26,32H,11-13H2,1H3;1H. The van der Waals surface area contributed by atoms with Crippen LogP contribution in [0.5, 0.6) is 11.5 Å². The van der Waals surface area contributed by atoms with Gasteiger partial charge in [0.15, 0.2) is 17.2 Å². The van der Waals surface area contributed by atoms with E-state index in [4.69, 9.17) is 5.11 Å². The third kappa shape index (κ3) is 9.84. The highest BCUT2D eigenvalue weighted by Gasteiger charge is 2.47. The molecule has 71 heavy (non-hydrogen) atoms. The minimum atomic E-state index is -2.97. The fourth-order valence-corrected chi connectivity index (χ4v) is 8.46. The van der Waals surface area contributed by atoms with Gasteiger partial charge in [-0.15, -0.1) is 12.4 Å². The van der Waals surface area contributed by atoms with Gasteiger partial charge in [-0.25, -0.2) is 19.9 Å². The van der Waals surface area contributed by atoms with Gasteiger partial charge in [0.25, 0.3) is 11.1 Å². The summed E-state index contributed by atoms with van der Waals surface area (Å²) in [6.45, 7) is -5.47. The molecular formula is C48H45ClF4N10O8. The number of likely N-dealkylation sites (tertiary alicyclic amines) is 1. The van der Waals surface area contributed by atoms with Crippen LogP contribution in [0.2, 0.25) is 0 Å². The number of aliphatic hydroxyl groups excluding tert-OH is 1. The van der Waals surface area contributed by atoms with Gasteiger partial charge in [0.2, 0.25) is 5.91 Å². The molecule has 0 bridgehead atoms. The Morgan fingerprint density at radius 1 is 0.648 bits per heavy atom. The van der Waals surface area contributed by atoms with E-state index in [0.717, 1.165) is 11.1 Å². The quantitative estimate of drug-likeness (QED) is 0.120. The molecule has 0 atom stereocenters. The number of aliphatic hydroxyl groups is 3. The van der Waals surface area contributed by atoms with Crippen LogP contribution in [-0.4, -0.2) is 111 Å². The van der Waals surface area contributed by atoms with Gasteiger partial charge in [-0.1, -0.05) is 48.5 Å². The number of hydrogen-bond donors (Lipinski definition) is 4. The van der Waals surface area contributed by atoms with Gasteiger partial charge in [-0.05, 0) is 47.5 Å². The number of nitrogens with zero attached hydrogens (tertiary/aromatic N) is 9. The number of nitrogens with one attached hydrogen (secondary N) is 1. The highest BCUT2D eigenvalue weighted by Crippen LogP contribution is 2.32. The molecule has 2 aliphatic rings. The van der Waals surface area contributed by atoms with Crippen LogP contribution in [0.3, 0.4) is 0 Å². The number of halogens is 5. The number of carbonyl (C=O) groups is 1. The van der Waals surface area contributed by atoms with Crippen molar-refractivity contribution in [2.75, 3.05) is 32.8 Å². The Balaban J connectivity index is 0.000000189. The number of fused-ring (bicyclic) bond motifs is 2. The first-order valence-corrected chi connectivity index (χ1v) is 21.7. The van der Waals surface area contributed by atoms with E-state index in [1.807, 2.05) is 6.07 Å². The van der Waals surface area contributed by atoms with Crippen molar-refractivity contribution < 1.29 is 47.1 Å². The van der Waals surface area contributed by atoms with Crippen molar-refractivity contribution in [3.05, 3.63) is 153 Å². The molecule has 4 aromatic heterocycles. The second-order valence-corrected chi connectivity index (χ2v) is 16.9. The van der Waals surface area contributed by atoms with E-state index in [-0.39, 0.29) is 67.0 Å². The van der Waals surface area contributed by atoms with Gasteiger partial charge in [-0.2, -0.15) is 17.6 Å². The Morgan fingerprint density at radius 3 is 1.44 bits per heavy atom. The number of rotatable bonds is 13. The highest BCUT2D eigenvalue weighted by molar-refractivity contribution is 5.86.